The molecular weight excluding hydrogens is 308 g/mol. The molecule has 0 saturated carbocycles. The highest BCUT2D eigenvalue weighted by molar-refractivity contribution is 6.11. The van der Waals surface area contributed by atoms with Gasteiger partial charge in [-0.3, -0.25) is 25.4 Å². The number of amides is 3. The Bertz CT molecular complexity index is 669. The Morgan fingerprint density at radius 2 is 2.12 bits per heavy atom. The zero-order valence-corrected chi connectivity index (χ0v) is 13.7. The minimum absolute atomic E-state index is 0.00112. The number of piperidine rings is 1. The van der Waals surface area contributed by atoms with E-state index in [4.69, 9.17) is 5.41 Å². The smallest absolute Gasteiger partial charge is 0.329 e. The molecule has 3 amide bonds. The van der Waals surface area contributed by atoms with Gasteiger partial charge in [0, 0.05) is 26.2 Å². The molecule has 3 rings (SSSR count). The van der Waals surface area contributed by atoms with Gasteiger partial charge in [0.05, 0.1) is 5.69 Å². The summed E-state index contributed by atoms with van der Waals surface area (Å²) in [7, 11) is 1.78. The second-order valence-corrected chi connectivity index (χ2v) is 6.04. The van der Waals surface area contributed by atoms with Crippen molar-refractivity contribution in [1.29, 1.82) is 5.41 Å². The Labute approximate surface area is 140 Å². The molecule has 2 aliphatic heterocycles. The van der Waals surface area contributed by atoms with Gasteiger partial charge >= 0.3 is 6.03 Å². The van der Waals surface area contributed by atoms with Crippen LogP contribution in [0.25, 0.3) is 0 Å². The first-order valence-electron chi connectivity index (χ1n) is 8.19. The molecule has 1 aromatic heterocycles. The molecule has 2 aliphatic rings. The maximum absolute atomic E-state index is 11.9. The lowest BCUT2D eigenvalue weighted by atomic mass is 9.91. The van der Waals surface area contributed by atoms with Gasteiger partial charge in [0.15, 0.2) is 5.84 Å². The van der Waals surface area contributed by atoms with Crippen LogP contribution < -0.4 is 16.0 Å². The van der Waals surface area contributed by atoms with Gasteiger partial charge in [-0.1, -0.05) is 0 Å². The minimum Gasteiger partial charge on any atom is -0.386 e. The number of hydrogen-bond donors (Lipinski definition) is 4. The third-order valence-electron chi connectivity index (χ3n) is 4.54. The largest absolute Gasteiger partial charge is 0.386 e. The molecule has 4 N–H and O–H groups in total. The van der Waals surface area contributed by atoms with Gasteiger partial charge in [-0.2, -0.15) is 0 Å². The van der Waals surface area contributed by atoms with Crippen LogP contribution in [0.4, 0.5) is 10.5 Å². The SMILES string of the molecule is CNc1cc(C2CCNCC2)cnc1C(=N)N1CCC(=O)NC1=O. The molecule has 8 nitrogen and oxygen atoms in total. The lowest BCUT2D eigenvalue weighted by Crippen LogP contribution is -2.52. The van der Waals surface area contributed by atoms with E-state index in [2.05, 4.69) is 20.9 Å². The van der Waals surface area contributed by atoms with Crippen LogP contribution in [0.2, 0.25) is 0 Å². The van der Waals surface area contributed by atoms with Gasteiger partial charge in [0.1, 0.15) is 5.69 Å². The average Bonchev–Trinajstić information content (AvgIpc) is 2.61. The topological polar surface area (TPSA) is 110 Å². The molecule has 0 atom stereocenters. The number of carbonyl (C=O) groups is 2. The zero-order valence-electron chi connectivity index (χ0n) is 13.7. The number of rotatable bonds is 3. The number of imide groups is 1. The molecule has 0 spiro atoms. The monoisotopic (exact) mass is 330 g/mol. The Kier molecular flexibility index (Phi) is 4.75. The summed E-state index contributed by atoms with van der Waals surface area (Å²) in [6, 6.07) is 1.45. The molecule has 2 fully saturated rings. The molecule has 128 valence electrons. The fourth-order valence-electron chi connectivity index (χ4n) is 3.14. The van der Waals surface area contributed by atoms with Crippen molar-refractivity contribution in [1.82, 2.24) is 20.5 Å². The van der Waals surface area contributed by atoms with E-state index >= 15 is 0 Å². The van der Waals surface area contributed by atoms with Crippen LogP contribution >= 0.6 is 0 Å². The summed E-state index contributed by atoms with van der Waals surface area (Å²) in [6.45, 7) is 2.20. The fourth-order valence-corrected chi connectivity index (χ4v) is 3.14. The highest BCUT2D eigenvalue weighted by atomic mass is 16.2. The normalized spacial score (nSPS) is 19.1. The number of pyridine rings is 1. The molecule has 2 saturated heterocycles. The fraction of sp³-hybridized carbons (Fsp3) is 0.500. The number of amidine groups is 1. The molecule has 0 unspecified atom stereocenters. The van der Waals surface area contributed by atoms with Crippen LogP contribution in [0.5, 0.6) is 0 Å². The second-order valence-electron chi connectivity index (χ2n) is 6.04. The second kappa shape index (κ2) is 6.96. The highest BCUT2D eigenvalue weighted by Crippen LogP contribution is 2.28. The number of hydrogen-bond acceptors (Lipinski definition) is 6. The van der Waals surface area contributed by atoms with Crippen molar-refractivity contribution >= 4 is 23.5 Å². The lowest BCUT2D eigenvalue weighted by molar-refractivity contribution is -0.121. The van der Waals surface area contributed by atoms with E-state index in [0.29, 0.717) is 11.6 Å². The Hall–Kier alpha value is -2.48. The van der Waals surface area contributed by atoms with E-state index in [0.717, 1.165) is 37.2 Å². The first-order chi connectivity index (χ1) is 11.6. The quantitative estimate of drug-likeness (QED) is 0.485. The number of nitrogens with one attached hydrogen (secondary N) is 4. The van der Waals surface area contributed by atoms with Crippen molar-refractivity contribution in [2.75, 3.05) is 32.0 Å². The van der Waals surface area contributed by atoms with Gasteiger partial charge in [-0.15, -0.1) is 0 Å². The maximum Gasteiger partial charge on any atom is 0.329 e. The van der Waals surface area contributed by atoms with E-state index in [9.17, 15) is 9.59 Å². The van der Waals surface area contributed by atoms with Gasteiger partial charge in [0.2, 0.25) is 5.91 Å². The standard InChI is InChI=1S/C16H22N6O2/c1-18-12-8-11(10-2-5-19-6-3-10)9-20-14(12)15(17)22-7-4-13(23)21-16(22)24/h8-10,17-19H,2-7H2,1H3,(H,21,23,24). The molecule has 1 aromatic rings. The lowest BCUT2D eigenvalue weighted by Gasteiger charge is -2.28. The molecular formula is C16H22N6O2. The van der Waals surface area contributed by atoms with Crippen molar-refractivity contribution in [3.63, 3.8) is 0 Å². The number of aromatic nitrogens is 1. The van der Waals surface area contributed by atoms with Gasteiger partial charge < -0.3 is 10.6 Å². The molecule has 0 radical (unpaired) electrons. The first-order valence-corrected chi connectivity index (χ1v) is 8.19. The molecule has 0 aliphatic carbocycles. The minimum atomic E-state index is -0.567. The number of anilines is 1. The summed E-state index contributed by atoms with van der Waals surface area (Å²) < 4.78 is 0. The van der Waals surface area contributed by atoms with E-state index in [1.165, 1.54) is 4.90 Å². The number of urea groups is 1. The average molecular weight is 330 g/mol. The highest BCUT2D eigenvalue weighted by Gasteiger charge is 2.29. The van der Waals surface area contributed by atoms with Crippen molar-refractivity contribution in [2.24, 2.45) is 0 Å². The van der Waals surface area contributed by atoms with Crippen LogP contribution in [0.15, 0.2) is 12.3 Å². The summed E-state index contributed by atoms with van der Waals surface area (Å²) in [5.41, 5.74) is 2.29. The predicted molar refractivity (Wildman–Crippen MR) is 90.3 cm³/mol. The molecule has 0 aromatic carbocycles. The van der Waals surface area contributed by atoms with Crippen molar-refractivity contribution in [2.45, 2.75) is 25.2 Å². The van der Waals surface area contributed by atoms with Crippen LogP contribution in [0.1, 0.15) is 36.4 Å². The van der Waals surface area contributed by atoms with E-state index in [1.54, 1.807) is 13.2 Å². The van der Waals surface area contributed by atoms with E-state index < -0.39 is 6.03 Å². The molecule has 0 bridgehead atoms. The Morgan fingerprint density at radius 3 is 2.79 bits per heavy atom. The summed E-state index contributed by atoms with van der Waals surface area (Å²) in [5.74, 6) is 0.151. The van der Waals surface area contributed by atoms with Gasteiger partial charge in [0.25, 0.3) is 0 Å². The van der Waals surface area contributed by atoms with Gasteiger partial charge in [-0.05, 0) is 43.5 Å². The molecule has 8 heteroatoms. The molecule has 24 heavy (non-hydrogen) atoms. The third kappa shape index (κ3) is 3.23. The van der Waals surface area contributed by atoms with Crippen LogP contribution in [-0.4, -0.2) is 54.3 Å². The predicted octanol–water partition coefficient (Wildman–Crippen LogP) is 0.858. The molecule has 3 heterocycles. The Morgan fingerprint density at radius 1 is 1.38 bits per heavy atom. The zero-order chi connectivity index (χ0) is 17.1. The Balaban J connectivity index is 1.83. The maximum atomic E-state index is 11.9. The number of nitrogens with zero attached hydrogens (tertiary/aromatic N) is 2. The van der Waals surface area contributed by atoms with Gasteiger partial charge in [-0.25, -0.2) is 4.79 Å². The van der Waals surface area contributed by atoms with E-state index in [-0.39, 0.29) is 24.7 Å². The third-order valence-corrected chi connectivity index (χ3v) is 4.54. The van der Waals surface area contributed by atoms with E-state index in [1.807, 2.05) is 6.07 Å². The van der Waals surface area contributed by atoms with Crippen LogP contribution in [0, 0.1) is 5.41 Å². The van der Waals surface area contributed by atoms with Crippen molar-refractivity contribution in [3.8, 4) is 0 Å². The summed E-state index contributed by atoms with van der Waals surface area (Å²) >= 11 is 0. The van der Waals surface area contributed by atoms with Crippen LogP contribution in [0.3, 0.4) is 0 Å². The van der Waals surface area contributed by atoms with Crippen molar-refractivity contribution in [3.05, 3.63) is 23.5 Å². The number of carbonyl (C=O) groups excluding carboxylic acids is 2. The van der Waals surface area contributed by atoms with Crippen molar-refractivity contribution < 1.29 is 9.59 Å². The first kappa shape index (κ1) is 16.4. The van der Waals surface area contributed by atoms with Crippen LogP contribution in [-0.2, 0) is 4.79 Å². The summed E-state index contributed by atoms with van der Waals surface area (Å²) in [4.78, 5) is 28.9. The summed E-state index contributed by atoms with van der Waals surface area (Å²) in [5, 5.41) is 17.0. The summed E-state index contributed by atoms with van der Waals surface area (Å²) in [6.07, 6.45) is 4.13.